The Morgan fingerprint density at radius 2 is 1.57 bits per heavy atom. The Hall–Kier alpha value is -3.90. The smallest absolute Gasteiger partial charge is 0 e. The molecule has 7 aromatic rings. The van der Waals surface area contributed by atoms with E-state index in [-0.39, 0.29) is 25.9 Å². The first-order valence-corrected chi connectivity index (χ1v) is 23.0. The van der Waals surface area contributed by atoms with Gasteiger partial charge in [0, 0.05) is 31.7 Å². The van der Waals surface area contributed by atoms with E-state index in [9.17, 15) is 4.39 Å². The molecule has 0 aliphatic carbocycles. The van der Waals surface area contributed by atoms with Gasteiger partial charge in [0.15, 0.2) is 0 Å². The van der Waals surface area contributed by atoms with E-state index in [0.717, 1.165) is 55.6 Å². The number of rotatable bonds is 5. The van der Waals surface area contributed by atoms with Crippen LogP contribution in [0.4, 0.5) is 4.39 Å². The van der Waals surface area contributed by atoms with Crippen molar-refractivity contribution in [2.24, 2.45) is 0 Å². The number of aryl methyl sites for hydroxylation is 1. The van der Waals surface area contributed by atoms with Gasteiger partial charge in [0.05, 0.1) is 5.58 Å². The van der Waals surface area contributed by atoms with Crippen LogP contribution < -0.4 is 4.40 Å². The van der Waals surface area contributed by atoms with Crippen LogP contribution in [0.5, 0.6) is 0 Å². The van der Waals surface area contributed by atoms with Crippen LogP contribution in [0.1, 0.15) is 30.9 Å². The maximum Gasteiger partial charge on any atom is 0 e. The van der Waals surface area contributed by atoms with E-state index >= 15 is 0 Å². The molecule has 0 aliphatic rings. The summed E-state index contributed by atoms with van der Waals surface area (Å²) in [5.74, 6) is 7.37. The molecule has 4 aromatic carbocycles. The molecule has 0 amide bonds. The van der Waals surface area contributed by atoms with Crippen molar-refractivity contribution < 1.29 is 28.9 Å². The van der Waals surface area contributed by atoms with Crippen LogP contribution in [0.2, 0.25) is 17.3 Å². The van der Waals surface area contributed by atoms with Crippen molar-refractivity contribution in [1.82, 2.24) is 9.97 Å². The van der Waals surface area contributed by atoms with Gasteiger partial charge < -0.3 is 9.40 Å². The molecule has 6 heteroatoms. The Morgan fingerprint density at radius 3 is 2.28 bits per heavy atom. The van der Waals surface area contributed by atoms with E-state index in [0.29, 0.717) is 5.92 Å². The molecule has 0 aliphatic heterocycles. The van der Waals surface area contributed by atoms with Gasteiger partial charge in [-0.3, -0.25) is 0 Å². The van der Waals surface area contributed by atoms with Crippen LogP contribution in [0.3, 0.4) is 0 Å². The standard InChI is InChI=1S/C26H19FNO.C15H18GeN.Ir/c1-16(2)17-11-12-28-24(14-17)23-8-4-7-22-21-10-9-19(15-25(21)29-26(22)23)18-5-3-6-20(27)13-18;1-12-10-15(13-8-6-5-7-9-13)17-11-14(12)16(2,3)4;/h3-7,9-16H,1-2H3;5-8,10-11H,1-4H3;/q2*-1;. The number of nitrogens with zero attached hydrogens (tertiary/aromatic N) is 2. The summed E-state index contributed by atoms with van der Waals surface area (Å²) in [4.78, 5) is 9.15. The number of hydrogen-bond acceptors (Lipinski definition) is 3. The Kier molecular flexibility index (Phi) is 10.6. The van der Waals surface area contributed by atoms with Gasteiger partial charge in [0.25, 0.3) is 0 Å². The second kappa shape index (κ2) is 14.5. The molecule has 1 radical (unpaired) electrons. The molecule has 3 nitrogen and oxygen atoms in total. The van der Waals surface area contributed by atoms with Crippen molar-refractivity contribution in [3.8, 4) is 33.6 Å². The maximum atomic E-state index is 13.6. The normalized spacial score (nSPS) is 11.3. The van der Waals surface area contributed by atoms with Crippen LogP contribution in [0.25, 0.3) is 55.6 Å². The summed E-state index contributed by atoms with van der Waals surface area (Å²) < 4.78 is 21.4. The third-order valence-corrected chi connectivity index (χ3v) is 12.7. The van der Waals surface area contributed by atoms with Crippen LogP contribution in [-0.4, -0.2) is 23.2 Å². The molecule has 239 valence electrons. The summed E-state index contributed by atoms with van der Waals surface area (Å²) in [6.45, 7) is 6.52. The third kappa shape index (κ3) is 7.65. The Labute approximate surface area is 293 Å². The van der Waals surface area contributed by atoms with Gasteiger partial charge in [-0.1, -0.05) is 60.7 Å². The fourth-order valence-electron chi connectivity index (χ4n) is 5.76. The van der Waals surface area contributed by atoms with Gasteiger partial charge in [-0.2, -0.15) is 0 Å². The Morgan fingerprint density at radius 1 is 0.766 bits per heavy atom. The largest absolute Gasteiger partial charge is 0 e. The molecule has 0 fully saturated rings. The van der Waals surface area contributed by atoms with E-state index in [1.165, 1.54) is 27.7 Å². The monoisotopic (exact) mass is 859 g/mol. The number of pyridine rings is 2. The Bertz CT molecular complexity index is 2150. The number of aromatic nitrogens is 2. The topological polar surface area (TPSA) is 38.9 Å². The van der Waals surface area contributed by atoms with Crippen molar-refractivity contribution in [2.75, 3.05) is 0 Å². The average molecular weight is 858 g/mol. The first kappa shape index (κ1) is 34.4. The van der Waals surface area contributed by atoms with Gasteiger partial charge in [0.2, 0.25) is 0 Å². The van der Waals surface area contributed by atoms with Gasteiger partial charge in [-0.25, -0.2) is 4.39 Å². The fourth-order valence-corrected chi connectivity index (χ4v) is 9.34. The number of benzene rings is 4. The molecule has 47 heavy (non-hydrogen) atoms. The third-order valence-electron chi connectivity index (χ3n) is 8.20. The average Bonchev–Trinajstić information content (AvgIpc) is 3.43. The van der Waals surface area contributed by atoms with Gasteiger partial charge in [0.1, 0.15) is 11.4 Å². The summed E-state index contributed by atoms with van der Waals surface area (Å²) in [6.07, 6.45) is 3.91. The molecule has 0 spiro atoms. The zero-order chi connectivity index (χ0) is 32.4. The SMILES string of the molecule is CC(C)c1ccnc(-c2[c-]ccc3c2oc2cc(-c4cccc(F)c4)ccc23)c1.Cc1cc(-c2[c-]cccc2)nc[c]1[Ge]([CH3])([CH3])[CH3].[Ir]. The summed E-state index contributed by atoms with van der Waals surface area (Å²) in [5.41, 5.74) is 9.69. The molecule has 3 aromatic heterocycles. The minimum absolute atomic E-state index is 0. The van der Waals surface area contributed by atoms with E-state index in [1.54, 1.807) is 6.07 Å². The summed E-state index contributed by atoms with van der Waals surface area (Å²) in [7, 11) is 0. The second-order valence-corrected chi connectivity index (χ2v) is 23.5. The van der Waals surface area contributed by atoms with Crippen molar-refractivity contribution in [1.29, 1.82) is 0 Å². The van der Waals surface area contributed by atoms with E-state index in [4.69, 9.17) is 4.42 Å². The minimum Gasteiger partial charge on any atom is 0 e. The Balaban J connectivity index is 0.000000207. The zero-order valence-electron chi connectivity index (χ0n) is 27.5. The molecule has 7 rings (SSSR count). The van der Waals surface area contributed by atoms with Crippen molar-refractivity contribution in [3.63, 3.8) is 0 Å². The number of hydrogen-bond donors (Lipinski definition) is 0. The summed E-state index contributed by atoms with van der Waals surface area (Å²) in [5, 5.41) is 2.05. The van der Waals surface area contributed by atoms with Crippen LogP contribution in [-0.2, 0) is 20.1 Å². The number of fused-ring (bicyclic) bond motifs is 3. The van der Waals surface area contributed by atoms with Crippen molar-refractivity contribution in [3.05, 3.63) is 139 Å². The minimum atomic E-state index is -1.77. The van der Waals surface area contributed by atoms with Crippen molar-refractivity contribution >= 4 is 39.6 Å². The van der Waals surface area contributed by atoms with E-state index in [2.05, 4.69) is 84.5 Å². The second-order valence-electron chi connectivity index (χ2n) is 13.0. The quantitative estimate of drug-likeness (QED) is 0.128. The van der Waals surface area contributed by atoms with Crippen molar-refractivity contribution in [2.45, 2.75) is 44.0 Å². The van der Waals surface area contributed by atoms with Gasteiger partial charge >= 0.3 is 106 Å². The fraction of sp³-hybridized carbons (Fsp3) is 0.171. The molecule has 0 saturated heterocycles. The predicted molar refractivity (Wildman–Crippen MR) is 191 cm³/mol. The first-order chi connectivity index (χ1) is 22.1. The molecule has 0 atom stereocenters. The molecule has 0 unspecified atom stereocenters. The summed E-state index contributed by atoms with van der Waals surface area (Å²) >= 11 is -1.77. The van der Waals surface area contributed by atoms with E-state index in [1.807, 2.05) is 66.9 Å². The maximum absolute atomic E-state index is 13.6. The van der Waals surface area contributed by atoms with Gasteiger partial charge in [-0.15, -0.1) is 18.2 Å². The van der Waals surface area contributed by atoms with Gasteiger partial charge in [-0.05, 0) is 47.0 Å². The van der Waals surface area contributed by atoms with Crippen LogP contribution in [0, 0.1) is 24.9 Å². The first-order valence-electron chi connectivity index (χ1n) is 15.6. The number of halogens is 1. The molecular formula is C41H37FGeIrN2O-2. The predicted octanol–water partition coefficient (Wildman–Crippen LogP) is 10.8. The molecule has 3 heterocycles. The molecule has 0 N–H and O–H groups in total. The zero-order valence-corrected chi connectivity index (χ0v) is 32.0. The van der Waals surface area contributed by atoms with E-state index < -0.39 is 13.3 Å². The van der Waals surface area contributed by atoms with Crippen LogP contribution >= 0.6 is 0 Å². The molecule has 0 bridgehead atoms. The van der Waals surface area contributed by atoms with Crippen LogP contribution in [0.15, 0.2) is 114 Å². The number of furan rings is 1. The summed E-state index contributed by atoms with van der Waals surface area (Å²) in [6, 6.07) is 37.4. The molecule has 0 saturated carbocycles. The molecular weight excluding hydrogens is 820 g/mol.